The summed E-state index contributed by atoms with van der Waals surface area (Å²) in [6, 6.07) is 0. The van der Waals surface area contributed by atoms with E-state index in [1.54, 1.807) is 0 Å². The zero-order valence-electron chi connectivity index (χ0n) is 12.8. The van der Waals surface area contributed by atoms with Gasteiger partial charge in [-0.2, -0.15) is 5.10 Å². The van der Waals surface area contributed by atoms with Gasteiger partial charge in [-0.1, -0.05) is 0 Å². The molecule has 0 radical (unpaired) electrons. The number of anilines is 2. The quantitative estimate of drug-likeness (QED) is 0.874. The van der Waals surface area contributed by atoms with Gasteiger partial charge in [0.1, 0.15) is 17.5 Å². The molecule has 0 aromatic carbocycles. The molecule has 0 spiro atoms. The molecule has 0 saturated carbocycles. The molecule has 2 aromatic rings. The monoisotopic (exact) mass is 274 g/mol. The van der Waals surface area contributed by atoms with Gasteiger partial charge in [0, 0.05) is 37.0 Å². The molecule has 0 saturated heterocycles. The summed E-state index contributed by atoms with van der Waals surface area (Å²) in [7, 11) is 1.95. The van der Waals surface area contributed by atoms with Gasteiger partial charge in [-0.25, -0.2) is 9.97 Å². The highest BCUT2D eigenvalue weighted by Crippen LogP contribution is 2.20. The van der Waals surface area contributed by atoms with Gasteiger partial charge >= 0.3 is 0 Å². The van der Waals surface area contributed by atoms with Crippen LogP contribution in [0.2, 0.25) is 0 Å². The van der Waals surface area contributed by atoms with Crippen molar-refractivity contribution in [2.75, 3.05) is 17.2 Å². The van der Waals surface area contributed by atoms with E-state index in [1.807, 2.05) is 31.8 Å². The lowest BCUT2D eigenvalue weighted by molar-refractivity contribution is 0.738. The van der Waals surface area contributed by atoms with E-state index in [4.69, 9.17) is 0 Å². The Kier molecular flexibility index (Phi) is 4.22. The van der Waals surface area contributed by atoms with Crippen LogP contribution in [-0.2, 0) is 13.6 Å². The van der Waals surface area contributed by atoms with Crippen LogP contribution in [0.1, 0.15) is 29.6 Å². The van der Waals surface area contributed by atoms with Crippen molar-refractivity contribution in [1.29, 1.82) is 0 Å². The van der Waals surface area contributed by atoms with Gasteiger partial charge in [0.25, 0.3) is 0 Å². The van der Waals surface area contributed by atoms with E-state index in [2.05, 4.69) is 39.5 Å². The Bertz CT molecular complexity index is 602. The molecule has 0 unspecified atom stereocenters. The van der Waals surface area contributed by atoms with Crippen LogP contribution in [0.3, 0.4) is 0 Å². The van der Waals surface area contributed by atoms with Crippen molar-refractivity contribution in [1.82, 2.24) is 19.7 Å². The molecule has 0 atom stereocenters. The number of hydrogen-bond acceptors (Lipinski definition) is 5. The van der Waals surface area contributed by atoms with E-state index in [9.17, 15) is 0 Å². The van der Waals surface area contributed by atoms with Gasteiger partial charge in [0.2, 0.25) is 0 Å². The Morgan fingerprint density at radius 2 is 1.75 bits per heavy atom. The van der Waals surface area contributed by atoms with E-state index in [0.29, 0.717) is 6.54 Å². The van der Waals surface area contributed by atoms with E-state index < -0.39 is 0 Å². The second-order valence-corrected chi connectivity index (χ2v) is 4.86. The van der Waals surface area contributed by atoms with Crippen molar-refractivity contribution < 1.29 is 0 Å². The van der Waals surface area contributed by atoms with E-state index >= 15 is 0 Å². The largest absolute Gasteiger partial charge is 0.370 e. The molecule has 6 heteroatoms. The summed E-state index contributed by atoms with van der Waals surface area (Å²) < 4.78 is 1.87. The molecule has 2 heterocycles. The van der Waals surface area contributed by atoms with Crippen molar-refractivity contribution in [3.63, 3.8) is 0 Å². The van der Waals surface area contributed by atoms with Crippen LogP contribution in [0.4, 0.5) is 11.6 Å². The van der Waals surface area contributed by atoms with Crippen molar-refractivity contribution in [3.05, 3.63) is 28.8 Å². The first-order valence-corrected chi connectivity index (χ1v) is 6.83. The topological polar surface area (TPSA) is 67.7 Å². The first-order valence-electron chi connectivity index (χ1n) is 6.83. The predicted octanol–water partition coefficient (Wildman–Crippen LogP) is 2.18. The zero-order valence-corrected chi connectivity index (χ0v) is 12.8. The number of aromatic nitrogens is 4. The summed E-state index contributed by atoms with van der Waals surface area (Å²) in [5.41, 5.74) is 3.37. The first-order chi connectivity index (χ1) is 9.52. The third-order valence-electron chi connectivity index (χ3n) is 3.39. The molecular weight excluding hydrogens is 252 g/mol. The molecule has 2 N–H and O–H groups in total. The lowest BCUT2D eigenvalue weighted by atomic mass is 10.2. The molecule has 2 aromatic heterocycles. The summed E-state index contributed by atoms with van der Waals surface area (Å²) in [4.78, 5) is 8.90. The molecule has 6 nitrogen and oxygen atoms in total. The van der Waals surface area contributed by atoms with Gasteiger partial charge in [-0.05, 0) is 27.7 Å². The maximum atomic E-state index is 4.48. The minimum atomic E-state index is 0.711. The predicted molar refractivity (Wildman–Crippen MR) is 80.9 cm³/mol. The van der Waals surface area contributed by atoms with E-state index in [0.717, 1.165) is 35.3 Å². The van der Waals surface area contributed by atoms with E-state index in [-0.39, 0.29) is 0 Å². The van der Waals surface area contributed by atoms with Crippen molar-refractivity contribution in [2.24, 2.45) is 7.05 Å². The average molecular weight is 274 g/mol. The van der Waals surface area contributed by atoms with Gasteiger partial charge in [0.05, 0.1) is 6.20 Å². The number of hydrogen-bond donors (Lipinski definition) is 2. The highest BCUT2D eigenvalue weighted by atomic mass is 15.3. The Morgan fingerprint density at radius 3 is 2.30 bits per heavy atom. The van der Waals surface area contributed by atoms with Crippen LogP contribution in [0.15, 0.2) is 6.20 Å². The van der Waals surface area contributed by atoms with Gasteiger partial charge in [-0.3, -0.25) is 4.68 Å². The van der Waals surface area contributed by atoms with E-state index in [1.165, 1.54) is 5.56 Å². The fourth-order valence-corrected chi connectivity index (χ4v) is 2.04. The summed E-state index contributed by atoms with van der Waals surface area (Å²) in [6.07, 6.45) is 1.89. The molecule has 108 valence electrons. The molecule has 0 amide bonds. The Balaban J connectivity index is 2.19. The number of aryl methyl sites for hydroxylation is 2. The van der Waals surface area contributed by atoms with Crippen LogP contribution in [0.25, 0.3) is 0 Å². The zero-order chi connectivity index (χ0) is 14.7. The fraction of sp³-hybridized carbons (Fsp3) is 0.500. The van der Waals surface area contributed by atoms with Crippen LogP contribution >= 0.6 is 0 Å². The summed E-state index contributed by atoms with van der Waals surface area (Å²) in [5.74, 6) is 2.53. The number of nitrogens with one attached hydrogen (secondary N) is 2. The van der Waals surface area contributed by atoms with Crippen molar-refractivity contribution in [3.8, 4) is 0 Å². The summed E-state index contributed by atoms with van der Waals surface area (Å²) >= 11 is 0. The minimum Gasteiger partial charge on any atom is -0.370 e. The third-order valence-corrected chi connectivity index (χ3v) is 3.39. The highest BCUT2D eigenvalue weighted by molar-refractivity contribution is 5.57. The lowest BCUT2D eigenvalue weighted by Crippen LogP contribution is -2.10. The molecular formula is C14H22N6. The maximum absolute atomic E-state index is 4.48. The first kappa shape index (κ1) is 14.3. The number of rotatable bonds is 5. The average Bonchev–Trinajstić information content (AvgIpc) is 2.72. The molecule has 2 rings (SSSR count). The van der Waals surface area contributed by atoms with Gasteiger partial charge in [0.15, 0.2) is 0 Å². The minimum absolute atomic E-state index is 0.711. The van der Waals surface area contributed by atoms with Crippen LogP contribution < -0.4 is 10.6 Å². The second-order valence-electron chi connectivity index (χ2n) is 4.86. The van der Waals surface area contributed by atoms with Crippen LogP contribution in [0.5, 0.6) is 0 Å². The van der Waals surface area contributed by atoms with Crippen molar-refractivity contribution in [2.45, 2.75) is 34.2 Å². The molecule has 0 aliphatic carbocycles. The SMILES string of the molecule is CCNc1nc(C)nc(NCc2cnn(C)c2C)c1C. The number of nitrogens with zero attached hydrogens (tertiary/aromatic N) is 4. The third kappa shape index (κ3) is 2.89. The maximum Gasteiger partial charge on any atom is 0.135 e. The summed E-state index contributed by atoms with van der Waals surface area (Å²) in [6.45, 7) is 9.60. The standard InChI is InChI=1S/C14H22N6/c1-6-15-13-9(2)14(19-11(4)18-13)16-7-12-8-17-20(5)10(12)3/h8H,6-7H2,1-5H3,(H2,15,16,18,19). The van der Waals surface area contributed by atoms with Gasteiger partial charge < -0.3 is 10.6 Å². The molecule has 0 bridgehead atoms. The highest BCUT2D eigenvalue weighted by Gasteiger charge is 2.10. The fourth-order valence-electron chi connectivity index (χ4n) is 2.04. The molecule has 0 fully saturated rings. The normalized spacial score (nSPS) is 10.7. The Labute approximate surface area is 119 Å². The van der Waals surface area contributed by atoms with Crippen LogP contribution in [0, 0.1) is 20.8 Å². The molecule has 0 aliphatic rings. The molecule has 0 aliphatic heterocycles. The second kappa shape index (κ2) is 5.90. The lowest BCUT2D eigenvalue weighted by Gasteiger charge is -2.13. The van der Waals surface area contributed by atoms with Crippen LogP contribution in [-0.4, -0.2) is 26.3 Å². The molecule has 20 heavy (non-hydrogen) atoms. The summed E-state index contributed by atoms with van der Waals surface area (Å²) in [5, 5.41) is 10.9. The Hall–Kier alpha value is -2.11. The van der Waals surface area contributed by atoms with Gasteiger partial charge in [-0.15, -0.1) is 0 Å². The Morgan fingerprint density at radius 1 is 1.10 bits per heavy atom. The van der Waals surface area contributed by atoms with Crippen molar-refractivity contribution >= 4 is 11.6 Å². The smallest absolute Gasteiger partial charge is 0.135 e.